The minimum absolute atomic E-state index is 0. The zero-order valence-corrected chi connectivity index (χ0v) is 72.7. The van der Waals surface area contributed by atoms with Crippen LogP contribution in [0.2, 0.25) is 30.9 Å². The first-order valence-corrected chi connectivity index (χ1v) is 43.0. The predicted molar refractivity (Wildman–Crippen MR) is 450 cm³/mol. The maximum absolute atomic E-state index is 14.4. The molecule has 6 aromatic heterocycles. The standard InChI is InChI=1S/2C16H20ClFN2O2.2C16H21ClN2O3.2C11H12ClFN2.CH4/c1-16(2,3)22-15(21)20-12-7-11(18)13(20)6-10(12)9-4-5-14(17)19-8-9;1-16(2,3)22-15(21)20-10-6-11(14(20)12(18)7-10)9-4-5-13(17)19-8-9;1-16(2,3)22-15(21)19-11-7-13(20)12(19)6-10(11)9-4-5-14(17)18-8-9;1-16(2,3)22-15(21)19-10-6-11(14(19)12(20)7-10)9-4-5-13(17)18-8-9;12-11-2-1-6(5-14-11)7-3-10-8(13)4-9(7)15-10;12-10-2-1-6(5-14-10)8-3-7-4-9(13)11(8)15-7;/h4-5,8,10-13H,6-7H2,1-3H3;4-5,8,10-12,14H,6-7H2,1-3H3;4-5,8,10-13,20H,6-7H2,1-3H3;4-5,8,10-12,14,20H,6-7H2,1-3H3;1-2,5,7-10,15H,3-4H2;1-2,5,7-9,11,15H,3-4H2;1H4. The molecule has 32 heteroatoms. The number of rotatable bonds is 6. The van der Waals surface area contributed by atoms with Crippen molar-refractivity contribution in [1.82, 2.24) is 60.1 Å². The lowest BCUT2D eigenvalue weighted by Crippen LogP contribution is -2.42. The second-order valence-corrected chi connectivity index (χ2v) is 39.4. The van der Waals surface area contributed by atoms with Crippen molar-refractivity contribution in [3.63, 3.8) is 0 Å². The maximum atomic E-state index is 14.4. The van der Waals surface area contributed by atoms with Gasteiger partial charge in [0.25, 0.3) is 0 Å². The van der Waals surface area contributed by atoms with E-state index in [9.17, 15) is 47.0 Å². The van der Waals surface area contributed by atoms with Gasteiger partial charge in [-0.3, -0.25) is 19.6 Å². The number of carbonyl (C=O) groups is 4. The molecule has 0 aliphatic carbocycles. The van der Waals surface area contributed by atoms with Crippen LogP contribution in [0.5, 0.6) is 0 Å². The van der Waals surface area contributed by atoms with Gasteiger partial charge in [0.2, 0.25) is 0 Å². The minimum Gasteiger partial charge on any atom is -0.444 e. The second-order valence-electron chi connectivity index (χ2n) is 37.0. The van der Waals surface area contributed by atoms with Gasteiger partial charge < -0.3 is 39.8 Å². The first-order chi connectivity index (χ1) is 55.5. The van der Waals surface area contributed by atoms with Crippen LogP contribution in [0.3, 0.4) is 0 Å². The topological polar surface area (TPSA) is 260 Å². The number of carbonyl (C=O) groups excluding carboxylic acids is 4. The smallest absolute Gasteiger partial charge is 0.410 e. The van der Waals surface area contributed by atoms with E-state index in [1.54, 1.807) is 87.0 Å². The lowest BCUT2D eigenvalue weighted by Gasteiger charge is -2.29. The van der Waals surface area contributed by atoms with Crippen LogP contribution >= 0.6 is 69.6 Å². The summed E-state index contributed by atoms with van der Waals surface area (Å²) in [6.07, 6.45) is 12.6. The van der Waals surface area contributed by atoms with Gasteiger partial charge in [-0.2, -0.15) is 0 Å². The van der Waals surface area contributed by atoms with Gasteiger partial charge in [0.1, 0.15) is 78.0 Å². The van der Waals surface area contributed by atoms with Gasteiger partial charge in [0, 0.05) is 134 Å². The summed E-state index contributed by atoms with van der Waals surface area (Å²) in [6, 6.07) is 21.2. The largest absolute Gasteiger partial charge is 0.444 e. The molecule has 6 aromatic rings. The van der Waals surface area contributed by atoms with Crippen LogP contribution in [0.1, 0.15) is 236 Å². The third-order valence-corrected chi connectivity index (χ3v) is 25.7. The SMILES string of the molecule is C.CC(C)(C)OC(=O)N1C2CC(F)C1C(c1ccc(Cl)nc1)C2.CC(C)(C)OC(=O)N1C2CC(O)C1C(c1ccc(Cl)nc1)C2.CC(C)(C)OC(=O)N1C2CC(c3ccc(Cl)nc3)C1CC2F.CC(C)(C)OC(=O)N1C2CC(c3ccc(Cl)nc3)C1CC2O.FC1CC2CC(c3ccc(Cl)nc3)C1N2.FC1CC2NC1CC2c1ccc(Cl)nc1. The molecular formula is C87H110Cl6F4N12O10. The molecule has 648 valence electrons. The van der Waals surface area contributed by atoms with Crippen molar-refractivity contribution in [2.24, 2.45) is 0 Å². The number of aromatic nitrogens is 6. The molecule has 4 N–H and O–H groups in total. The van der Waals surface area contributed by atoms with Gasteiger partial charge in [-0.15, -0.1) is 0 Å². The summed E-state index contributed by atoms with van der Waals surface area (Å²) >= 11 is 34.8. The van der Waals surface area contributed by atoms with E-state index in [4.69, 9.17) is 88.6 Å². The molecule has 24 atom stereocenters. The Morgan fingerprint density at radius 3 is 1.08 bits per heavy atom. The quantitative estimate of drug-likeness (QED) is 0.0686. The van der Waals surface area contributed by atoms with Crippen LogP contribution in [0.15, 0.2) is 110 Å². The molecule has 18 rings (SSSR count). The van der Waals surface area contributed by atoms with Crippen LogP contribution in [0, 0.1) is 0 Å². The van der Waals surface area contributed by atoms with Crippen molar-refractivity contribution in [3.05, 3.63) is 174 Å². The van der Waals surface area contributed by atoms with Crippen molar-refractivity contribution in [2.75, 3.05) is 0 Å². The summed E-state index contributed by atoms with van der Waals surface area (Å²) in [6.45, 7) is 22.0. The number of amides is 4. The van der Waals surface area contributed by atoms with Crippen LogP contribution in [-0.2, 0) is 18.9 Å². The fourth-order valence-electron chi connectivity index (χ4n) is 19.8. The molecule has 12 aliphatic heterocycles. The highest BCUT2D eigenvalue weighted by molar-refractivity contribution is 6.30. The van der Waals surface area contributed by atoms with Crippen LogP contribution in [-0.4, -0.2) is 216 Å². The van der Waals surface area contributed by atoms with Gasteiger partial charge in [0.15, 0.2) is 0 Å². The summed E-state index contributed by atoms with van der Waals surface area (Å²) < 4.78 is 77.2. The van der Waals surface area contributed by atoms with E-state index >= 15 is 0 Å². The van der Waals surface area contributed by atoms with Crippen LogP contribution in [0.4, 0.5) is 36.7 Å². The number of nitrogens with one attached hydrogen (secondary N) is 2. The monoisotopic (exact) mass is 1770 g/mol. The molecule has 24 unspecified atom stereocenters. The third kappa shape index (κ3) is 21.4. The number of halogens is 10. The van der Waals surface area contributed by atoms with Gasteiger partial charge in [-0.05, 0) is 217 Å². The average molecular weight is 1770 g/mol. The molecular weight excluding hydrogens is 1660 g/mol. The molecule has 0 aromatic carbocycles. The first kappa shape index (κ1) is 91.5. The van der Waals surface area contributed by atoms with E-state index < -0.39 is 83.6 Å². The third-order valence-electron chi connectivity index (χ3n) is 24.4. The lowest BCUT2D eigenvalue weighted by molar-refractivity contribution is 0.0153. The van der Waals surface area contributed by atoms with Crippen molar-refractivity contribution >= 4 is 94.0 Å². The Morgan fingerprint density at radius 2 is 0.706 bits per heavy atom. The molecule has 12 fully saturated rings. The Kier molecular flexibility index (Phi) is 28.4. The fourth-order valence-corrected chi connectivity index (χ4v) is 20.4. The Bertz CT molecular complexity index is 4210. The summed E-state index contributed by atoms with van der Waals surface area (Å²) in [5, 5.41) is 29.8. The van der Waals surface area contributed by atoms with E-state index in [-0.39, 0.29) is 104 Å². The highest BCUT2D eigenvalue weighted by atomic mass is 35.5. The molecule has 22 nitrogen and oxygen atoms in total. The molecule has 4 amide bonds. The number of aliphatic hydroxyl groups is 2. The molecule has 18 heterocycles. The van der Waals surface area contributed by atoms with Gasteiger partial charge >= 0.3 is 24.4 Å². The van der Waals surface area contributed by atoms with Crippen molar-refractivity contribution in [3.8, 4) is 0 Å². The van der Waals surface area contributed by atoms with E-state index in [0.717, 1.165) is 59.9 Å². The minimum atomic E-state index is -1.02. The molecule has 0 spiro atoms. The number of nitrogens with zero attached hydrogens (tertiary/aromatic N) is 10. The molecule has 12 bridgehead atoms. The highest BCUT2D eigenvalue weighted by Gasteiger charge is 2.60. The van der Waals surface area contributed by atoms with Gasteiger partial charge in [-0.25, -0.2) is 66.6 Å². The number of hydrogen-bond acceptors (Lipinski definition) is 18. The van der Waals surface area contributed by atoms with Crippen molar-refractivity contribution in [2.45, 2.75) is 335 Å². The molecule has 12 saturated heterocycles. The zero-order chi connectivity index (χ0) is 85.1. The summed E-state index contributed by atoms with van der Waals surface area (Å²) in [5.41, 5.74) is 4.01. The average Bonchev–Trinajstić information content (AvgIpc) is 1.60. The number of pyridine rings is 6. The van der Waals surface area contributed by atoms with Crippen molar-refractivity contribution < 1.29 is 65.9 Å². The number of aliphatic hydroxyl groups excluding tert-OH is 2. The highest BCUT2D eigenvalue weighted by Crippen LogP contribution is 2.53. The zero-order valence-electron chi connectivity index (χ0n) is 68.1. The number of alkyl halides is 4. The molecule has 119 heavy (non-hydrogen) atoms. The normalized spacial score (nSPS) is 32.4. The molecule has 0 radical (unpaired) electrons. The second kappa shape index (κ2) is 37.0. The van der Waals surface area contributed by atoms with Gasteiger partial charge in [0.05, 0.1) is 36.4 Å². The van der Waals surface area contributed by atoms with Crippen molar-refractivity contribution in [1.29, 1.82) is 0 Å². The van der Waals surface area contributed by atoms with E-state index in [2.05, 4.69) is 40.5 Å². The van der Waals surface area contributed by atoms with Crippen LogP contribution < -0.4 is 10.6 Å². The first-order valence-electron chi connectivity index (χ1n) is 40.7. The fraction of sp³-hybridized carbons (Fsp3) is 0.609. The summed E-state index contributed by atoms with van der Waals surface area (Å²) in [7, 11) is 0. The number of hydrogen-bond donors (Lipinski definition) is 4. The van der Waals surface area contributed by atoms with Gasteiger partial charge in [-0.1, -0.05) is 113 Å². The molecule has 0 saturated carbocycles. The van der Waals surface area contributed by atoms with E-state index in [1.165, 1.54) is 5.56 Å². The lowest BCUT2D eigenvalue weighted by atomic mass is 9.83. The van der Waals surface area contributed by atoms with E-state index in [0.29, 0.717) is 87.8 Å². The Labute approximate surface area is 724 Å². The van der Waals surface area contributed by atoms with Crippen LogP contribution in [0.25, 0.3) is 0 Å². The molecule has 12 aliphatic rings. The van der Waals surface area contributed by atoms with E-state index in [1.807, 2.05) is 126 Å². The number of fused-ring (bicyclic) bond motifs is 12. The Morgan fingerprint density at radius 1 is 0.345 bits per heavy atom. The maximum Gasteiger partial charge on any atom is 0.410 e. The predicted octanol–water partition coefficient (Wildman–Crippen LogP) is 19.0. The Hall–Kier alpha value is -6.72. The Balaban J connectivity index is 0.000000132. The summed E-state index contributed by atoms with van der Waals surface area (Å²) in [4.78, 5) is 80.8. The summed E-state index contributed by atoms with van der Waals surface area (Å²) in [5.74, 6) is 0.965. The number of ether oxygens (including phenoxy) is 4.